The van der Waals surface area contributed by atoms with Crippen LogP contribution in [-0.4, -0.2) is 22.0 Å². The van der Waals surface area contributed by atoms with Gasteiger partial charge in [0.15, 0.2) is 5.16 Å². The van der Waals surface area contributed by atoms with Crippen LogP contribution in [0.2, 0.25) is 0 Å². The molecule has 0 aliphatic rings. The molecule has 0 saturated heterocycles. The molecule has 1 N–H and O–H groups in total. The third-order valence-electron chi connectivity index (χ3n) is 1.98. The predicted molar refractivity (Wildman–Crippen MR) is 70.9 cm³/mol. The fourth-order valence-corrected chi connectivity index (χ4v) is 2.38. The van der Waals surface area contributed by atoms with Crippen LogP contribution in [0.1, 0.15) is 5.56 Å². The number of nitrogens with one attached hydrogen (secondary N) is 1. The van der Waals surface area contributed by atoms with Gasteiger partial charge in [-0.2, -0.15) is 0 Å². The van der Waals surface area contributed by atoms with Gasteiger partial charge in [0.25, 0.3) is 0 Å². The molecule has 0 aliphatic heterocycles. The van der Waals surface area contributed by atoms with E-state index in [9.17, 15) is 0 Å². The molecule has 88 valence electrons. The van der Waals surface area contributed by atoms with E-state index in [2.05, 4.69) is 36.2 Å². The maximum atomic E-state index is 4.28. The highest BCUT2D eigenvalue weighted by atomic mass is 79.9. The lowest BCUT2D eigenvalue weighted by Gasteiger charge is -2.02. The Bertz CT molecular complexity index is 489. The zero-order chi connectivity index (χ0) is 12.1. The van der Waals surface area contributed by atoms with Crippen molar-refractivity contribution >= 4 is 27.7 Å². The zero-order valence-corrected chi connectivity index (χ0v) is 11.6. The van der Waals surface area contributed by atoms with Crippen LogP contribution >= 0.6 is 27.7 Å². The van der Waals surface area contributed by atoms with Crippen molar-refractivity contribution in [1.29, 1.82) is 0 Å². The Labute approximate surface area is 112 Å². The Morgan fingerprint density at radius 3 is 2.71 bits per heavy atom. The molecule has 0 radical (unpaired) electrons. The molecular weight excluding hydrogens is 300 g/mol. The van der Waals surface area contributed by atoms with Gasteiger partial charge in [-0.05, 0) is 46.9 Å². The quantitative estimate of drug-likeness (QED) is 0.879. The SMILES string of the molecule is CNCc1cnc(Sc2ncccc2Br)nc1. The average molecular weight is 311 g/mol. The van der Waals surface area contributed by atoms with Gasteiger partial charge in [-0.1, -0.05) is 0 Å². The van der Waals surface area contributed by atoms with Crippen molar-refractivity contribution in [3.63, 3.8) is 0 Å². The molecule has 0 amide bonds. The summed E-state index contributed by atoms with van der Waals surface area (Å²) in [6, 6.07) is 3.83. The predicted octanol–water partition coefficient (Wildman–Crippen LogP) is 2.50. The van der Waals surface area contributed by atoms with Crippen LogP contribution in [0.25, 0.3) is 0 Å². The molecule has 2 aromatic rings. The van der Waals surface area contributed by atoms with Crippen LogP contribution in [0.3, 0.4) is 0 Å². The Morgan fingerprint density at radius 2 is 2.06 bits per heavy atom. The number of hydrogen-bond acceptors (Lipinski definition) is 5. The first kappa shape index (κ1) is 12.5. The summed E-state index contributed by atoms with van der Waals surface area (Å²) < 4.78 is 0.952. The van der Waals surface area contributed by atoms with Gasteiger partial charge in [0.1, 0.15) is 5.03 Å². The Hall–Kier alpha value is -0.980. The van der Waals surface area contributed by atoms with E-state index in [1.54, 1.807) is 6.20 Å². The van der Waals surface area contributed by atoms with Crippen molar-refractivity contribution in [1.82, 2.24) is 20.3 Å². The van der Waals surface area contributed by atoms with Gasteiger partial charge in [-0.15, -0.1) is 0 Å². The van der Waals surface area contributed by atoms with Crippen LogP contribution in [0.5, 0.6) is 0 Å². The summed E-state index contributed by atoms with van der Waals surface area (Å²) in [5.74, 6) is 0. The summed E-state index contributed by atoms with van der Waals surface area (Å²) in [6.07, 6.45) is 5.40. The molecule has 0 spiro atoms. The first-order valence-electron chi connectivity index (χ1n) is 5.03. The highest BCUT2D eigenvalue weighted by molar-refractivity contribution is 9.10. The van der Waals surface area contributed by atoms with Crippen molar-refractivity contribution in [3.8, 4) is 0 Å². The molecule has 6 heteroatoms. The van der Waals surface area contributed by atoms with Crippen LogP contribution in [0.4, 0.5) is 0 Å². The topological polar surface area (TPSA) is 50.7 Å². The number of aromatic nitrogens is 3. The lowest BCUT2D eigenvalue weighted by Crippen LogP contribution is -2.05. The zero-order valence-electron chi connectivity index (χ0n) is 9.22. The van der Waals surface area contributed by atoms with Gasteiger partial charge < -0.3 is 5.32 Å². The first-order valence-corrected chi connectivity index (χ1v) is 6.64. The molecular formula is C11H11BrN4S. The van der Waals surface area contributed by atoms with Crippen LogP contribution < -0.4 is 5.32 Å². The maximum Gasteiger partial charge on any atom is 0.193 e. The summed E-state index contributed by atoms with van der Waals surface area (Å²) in [6.45, 7) is 0.776. The van der Waals surface area contributed by atoms with E-state index in [4.69, 9.17) is 0 Å². The first-order chi connectivity index (χ1) is 8.29. The minimum atomic E-state index is 0.698. The van der Waals surface area contributed by atoms with Crippen LogP contribution in [0, 0.1) is 0 Å². The molecule has 0 aliphatic carbocycles. The summed E-state index contributed by atoms with van der Waals surface area (Å²) in [4.78, 5) is 12.8. The van der Waals surface area contributed by atoms with Gasteiger partial charge in [0, 0.05) is 30.7 Å². The van der Waals surface area contributed by atoms with Crippen molar-refractivity contribution in [3.05, 3.63) is 40.8 Å². The molecule has 0 saturated carbocycles. The van der Waals surface area contributed by atoms with Gasteiger partial charge in [0.2, 0.25) is 0 Å². The number of nitrogens with zero attached hydrogens (tertiary/aromatic N) is 3. The molecule has 17 heavy (non-hydrogen) atoms. The number of rotatable bonds is 4. The van der Waals surface area contributed by atoms with E-state index in [0.717, 1.165) is 21.6 Å². The number of hydrogen-bond donors (Lipinski definition) is 1. The Kier molecular flexibility index (Phi) is 4.47. The second-order valence-corrected chi connectivity index (χ2v) is 5.11. The lowest BCUT2D eigenvalue weighted by atomic mass is 10.3. The number of pyridine rings is 1. The average Bonchev–Trinajstić information content (AvgIpc) is 2.35. The number of halogens is 1. The van der Waals surface area contributed by atoms with Crippen molar-refractivity contribution in [2.75, 3.05) is 7.05 Å². The largest absolute Gasteiger partial charge is 0.316 e. The van der Waals surface area contributed by atoms with Crippen molar-refractivity contribution in [2.45, 2.75) is 16.7 Å². The van der Waals surface area contributed by atoms with Crippen molar-refractivity contribution in [2.24, 2.45) is 0 Å². The third-order valence-corrected chi connectivity index (χ3v) is 3.79. The van der Waals surface area contributed by atoms with E-state index < -0.39 is 0 Å². The van der Waals surface area contributed by atoms with E-state index >= 15 is 0 Å². The fraction of sp³-hybridized carbons (Fsp3) is 0.182. The molecule has 0 unspecified atom stereocenters. The van der Waals surface area contributed by atoms with Crippen LogP contribution in [-0.2, 0) is 6.54 Å². The molecule has 2 heterocycles. The maximum absolute atomic E-state index is 4.28. The van der Waals surface area contributed by atoms with E-state index in [-0.39, 0.29) is 0 Å². The van der Waals surface area contributed by atoms with Gasteiger partial charge in [-0.25, -0.2) is 15.0 Å². The monoisotopic (exact) mass is 310 g/mol. The minimum absolute atomic E-state index is 0.698. The molecule has 2 rings (SSSR count). The second kappa shape index (κ2) is 6.09. The highest BCUT2D eigenvalue weighted by Crippen LogP contribution is 2.28. The molecule has 0 atom stereocenters. The molecule has 0 fully saturated rings. The van der Waals surface area contributed by atoms with E-state index in [1.807, 2.05) is 31.6 Å². The second-order valence-electron chi connectivity index (χ2n) is 3.30. The van der Waals surface area contributed by atoms with Crippen molar-refractivity contribution < 1.29 is 0 Å². The smallest absolute Gasteiger partial charge is 0.193 e. The lowest BCUT2D eigenvalue weighted by molar-refractivity contribution is 0.793. The molecule has 4 nitrogen and oxygen atoms in total. The fourth-order valence-electron chi connectivity index (χ4n) is 1.22. The van der Waals surface area contributed by atoms with Gasteiger partial charge in [0.05, 0.1) is 4.47 Å². The summed E-state index contributed by atoms with van der Waals surface area (Å²) in [5, 5.41) is 4.62. The third kappa shape index (κ3) is 3.49. The Balaban J connectivity index is 2.11. The van der Waals surface area contributed by atoms with E-state index in [1.165, 1.54) is 11.8 Å². The molecule has 2 aromatic heterocycles. The summed E-state index contributed by atoms with van der Waals surface area (Å²) in [7, 11) is 1.90. The van der Waals surface area contributed by atoms with Gasteiger partial charge >= 0.3 is 0 Å². The normalized spacial score (nSPS) is 10.5. The Morgan fingerprint density at radius 1 is 1.29 bits per heavy atom. The molecule has 0 aromatic carbocycles. The minimum Gasteiger partial charge on any atom is -0.316 e. The van der Waals surface area contributed by atoms with Crippen LogP contribution in [0.15, 0.2) is 45.4 Å². The van der Waals surface area contributed by atoms with E-state index in [0.29, 0.717) is 5.16 Å². The summed E-state index contributed by atoms with van der Waals surface area (Å²) in [5.41, 5.74) is 1.07. The molecule has 0 bridgehead atoms. The highest BCUT2D eigenvalue weighted by Gasteiger charge is 2.05. The van der Waals surface area contributed by atoms with Gasteiger partial charge in [-0.3, -0.25) is 0 Å². The summed E-state index contributed by atoms with van der Waals surface area (Å²) >= 11 is 4.88. The standard InChI is InChI=1S/C11H11BrN4S/c1-13-5-8-6-15-11(16-7-8)17-10-9(12)3-2-4-14-10/h2-4,6-7,13H,5H2,1H3.